The van der Waals surface area contributed by atoms with Gasteiger partial charge in [-0.3, -0.25) is 4.90 Å². The molecule has 0 aromatic heterocycles. The molecule has 22 heavy (non-hydrogen) atoms. The molecule has 6 heteroatoms. The average molecular weight is 335 g/mol. The van der Waals surface area contributed by atoms with Crippen LogP contribution in [0, 0.1) is 11.8 Å². The van der Waals surface area contributed by atoms with Crippen LogP contribution in [0.25, 0.3) is 0 Å². The minimum absolute atomic E-state index is 0. The van der Waals surface area contributed by atoms with Crippen LogP contribution in [0.4, 0.5) is 13.2 Å². The Bertz CT molecular complexity index is 506. The predicted octanol–water partition coefficient (Wildman–Crippen LogP) is 3.69. The Hall–Kier alpha value is -0.780. The largest absolute Gasteiger partial charge is 0.416 e. The number of likely N-dealkylation sites (tertiary alicyclic amines) is 1. The van der Waals surface area contributed by atoms with E-state index in [4.69, 9.17) is 5.73 Å². The van der Waals surface area contributed by atoms with Crippen molar-refractivity contribution in [2.45, 2.75) is 38.0 Å². The number of benzene rings is 1. The maximum atomic E-state index is 13.0. The van der Waals surface area contributed by atoms with Crippen molar-refractivity contribution in [3.8, 4) is 0 Å². The van der Waals surface area contributed by atoms with Crippen LogP contribution in [0.15, 0.2) is 24.3 Å². The lowest BCUT2D eigenvalue weighted by Crippen LogP contribution is -2.38. The first kappa shape index (κ1) is 17.6. The second kappa shape index (κ2) is 6.77. The van der Waals surface area contributed by atoms with E-state index < -0.39 is 11.7 Å². The van der Waals surface area contributed by atoms with Gasteiger partial charge in [0.25, 0.3) is 0 Å². The van der Waals surface area contributed by atoms with E-state index in [-0.39, 0.29) is 18.4 Å². The first-order chi connectivity index (χ1) is 9.95. The topological polar surface area (TPSA) is 29.3 Å². The number of nitrogens with two attached hydrogens (primary N) is 1. The molecule has 2 nitrogen and oxygen atoms in total. The molecule has 2 N–H and O–H groups in total. The van der Waals surface area contributed by atoms with E-state index in [2.05, 4.69) is 4.90 Å². The van der Waals surface area contributed by atoms with Crippen LogP contribution in [0.1, 0.15) is 30.4 Å². The first-order valence-corrected chi connectivity index (χ1v) is 7.58. The van der Waals surface area contributed by atoms with Crippen LogP contribution in [-0.4, -0.2) is 24.0 Å². The lowest BCUT2D eigenvalue weighted by molar-refractivity contribution is -0.138. The summed E-state index contributed by atoms with van der Waals surface area (Å²) in [6.45, 7) is 2.08. The summed E-state index contributed by atoms with van der Waals surface area (Å²) < 4.78 is 39.1. The van der Waals surface area contributed by atoms with Gasteiger partial charge in [0.15, 0.2) is 0 Å². The molecule has 3 rings (SSSR count). The van der Waals surface area contributed by atoms with Crippen LogP contribution < -0.4 is 5.73 Å². The molecule has 1 aromatic carbocycles. The minimum Gasteiger partial charge on any atom is -0.327 e. The molecule has 1 heterocycles. The molecule has 0 amide bonds. The maximum Gasteiger partial charge on any atom is 0.416 e. The van der Waals surface area contributed by atoms with E-state index in [0.29, 0.717) is 23.9 Å². The van der Waals surface area contributed by atoms with E-state index in [1.165, 1.54) is 12.1 Å². The summed E-state index contributed by atoms with van der Waals surface area (Å²) in [7, 11) is 0. The summed E-state index contributed by atoms with van der Waals surface area (Å²) in [5.74, 6) is 1.02. The quantitative estimate of drug-likeness (QED) is 0.893. The van der Waals surface area contributed by atoms with Crippen LogP contribution in [0.2, 0.25) is 0 Å². The third-order valence-corrected chi connectivity index (χ3v) is 4.95. The number of rotatable bonds is 2. The highest BCUT2D eigenvalue weighted by atomic mass is 35.5. The summed E-state index contributed by atoms with van der Waals surface area (Å²) >= 11 is 0. The molecule has 2 fully saturated rings. The second-order valence-corrected chi connectivity index (χ2v) is 6.37. The van der Waals surface area contributed by atoms with Crippen molar-refractivity contribution in [3.63, 3.8) is 0 Å². The van der Waals surface area contributed by atoms with Gasteiger partial charge in [-0.1, -0.05) is 24.6 Å². The smallest absolute Gasteiger partial charge is 0.327 e. The molecule has 2 aliphatic rings. The summed E-state index contributed by atoms with van der Waals surface area (Å²) in [4.78, 5) is 2.14. The van der Waals surface area contributed by atoms with E-state index in [9.17, 15) is 13.2 Å². The fraction of sp³-hybridized carbons (Fsp3) is 0.625. The maximum absolute atomic E-state index is 13.0. The summed E-state index contributed by atoms with van der Waals surface area (Å²) in [6.07, 6.45) is -0.918. The third kappa shape index (κ3) is 3.58. The Morgan fingerprint density at radius 1 is 1.14 bits per heavy atom. The Balaban J connectivity index is 0.00000176. The summed E-state index contributed by atoms with van der Waals surface area (Å²) in [5.41, 5.74) is 6.03. The normalized spacial score (nSPS) is 29.0. The van der Waals surface area contributed by atoms with Gasteiger partial charge in [0.05, 0.1) is 5.56 Å². The van der Waals surface area contributed by atoms with E-state index >= 15 is 0 Å². The molecule has 1 saturated heterocycles. The average Bonchev–Trinajstić information content (AvgIpc) is 2.82. The highest BCUT2D eigenvalue weighted by Gasteiger charge is 2.39. The molecule has 1 saturated carbocycles. The number of hydrogen-bond donors (Lipinski definition) is 1. The monoisotopic (exact) mass is 334 g/mol. The Labute approximate surface area is 135 Å². The van der Waals surface area contributed by atoms with Crippen LogP contribution in [0.3, 0.4) is 0 Å². The highest BCUT2D eigenvalue weighted by molar-refractivity contribution is 5.85. The van der Waals surface area contributed by atoms with Crippen molar-refractivity contribution in [3.05, 3.63) is 35.4 Å². The van der Waals surface area contributed by atoms with Crippen molar-refractivity contribution in [1.82, 2.24) is 4.90 Å². The fourth-order valence-corrected chi connectivity index (χ4v) is 3.91. The zero-order valence-electron chi connectivity index (χ0n) is 12.4. The number of nitrogens with zero attached hydrogens (tertiary/aromatic N) is 1. The molecule has 0 spiro atoms. The summed E-state index contributed by atoms with van der Waals surface area (Å²) in [5, 5.41) is 0. The van der Waals surface area contributed by atoms with Crippen molar-refractivity contribution >= 4 is 12.4 Å². The van der Waals surface area contributed by atoms with E-state index in [1.807, 2.05) is 0 Å². The zero-order chi connectivity index (χ0) is 15.0. The van der Waals surface area contributed by atoms with Gasteiger partial charge in [-0.2, -0.15) is 13.2 Å². The van der Waals surface area contributed by atoms with Crippen molar-refractivity contribution < 1.29 is 13.2 Å². The number of hydrogen-bond acceptors (Lipinski definition) is 2. The predicted molar refractivity (Wildman–Crippen MR) is 82.8 cm³/mol. The Morgan fingerprint density at radius 2 is 1.86 bits per heavy atom. The molecule has 3 unspecified atom stereocenters. The third-order valence-electron chi connectivity index (χ3n) is 4.95. The van der Waals surface area contributed by atoms with Gasteiger partial charge >= 0.3 is 6.18 Å². The molecular weight excluding hydrogens is 313 g/mol. The van der Waals surface area contributed by atoms with Crippen molar-refractivity contribution in [1.29, 1.82) is 0 Å². The Kier molecular flexibility index (Phi) is 5.41. The van der Waals surface area contributed by atoms with Gasteiger partial charge in [0.2, 0.25) is 0 Å². The molecule has 0 bridgehead atoms. The molecule has 124 valence electrons. The zero-order valence-corrected chi connectivity index (χ0v) is 13.2. The number of alkyl halides is 3. The van der Waals surface area contributed by atoms with Crippen LogP contribution in [0.5, 0.6) is 0 Å². The molecule has 0 radical (unpaired) electrons. The standard InChI is InChI=1S/C16H21F3N2.ClH/c17-16(18,19)14-6-2-1-4-12(14)9-21-8-11-5-3-7-15(20)13(11)10-21;/h1-2,4,6,11,13,15H,3,5,7-10,20H2;1H. The van der Waals surface area contributed by atoms with Gasteiger partial charge in [-0.05, 0) is 36.3 Å². The SMILES string of the molecule is Cl.NC1CCCC2CN(Cc3ccccc3C(F)(F)F)CC12. The van der Waals surface area contributed by atoms with Crippen molar-refractivity contribution in [2.75, 3.05) is 13.1 Å². The minimum atomic E-state index is -4.28. The van der Waals surface area contributed by atoms with Gasteiger partial charge in [-0.25, -0.2) is 0 Å². The van der Waals surface area contributed by atoms with Gasteiger partial charge in [0, 0.05) is 25.7 Å². The highest BCUT2D eigenvalue weighted by Crippen LogP contribution is 2.37. The van der Waals surface area contributed by atoms with E-state index in [1.54, 1.807) is 12.1 Å². The number of fused-ring (bicyclic) bond motifs is 1. The molecule has 1 aromatic rings. The lowest BCUT2D eigenvalue weighted by atomic mass is 9.78. The number of halogens is 4. The van der Waals surface area contributed by atoms with Gasteiger partial charge < -0.3 is 5.73 Å². The first-order valence-electron chi connectivity index (χ1n) is 7.58. The molecular formula is C16H22ClF3N2. The lowest BCUT2D eigenvalue weighted by Gasteiger charge is -2.29. The van der Waals surface area contributed by atoms with Crippen LogP contribution in [-0.2, 0) is 12.7 Å². The second-order valence-electron chi connectivity index (χ2n) is 6.37. The van der Waals surface area contributed by atoms with E-state index in [0.717, 1.165) is 32.4 Å². The van der Waals surface area contributed by atoms with Crippen molar-refractivity contribution in [2.24, 2.45) is 17.6 Å². The Morgan fingerprint density at radius 3 is 2.55 bits per heavy atom. The van der Waals surface area contributed by atoms with Gasteiger partial charge in [-0.15, -0.1) is 12.4 Å². The summed E-state index contributed by atoms with van der Waals surface area (Å²) in [6, 6.07) is 6.10. The van der Waals surface area contributed by atoms with Gasteiger partial charge in [0.1, 0.15) is 0 Å². The fourth-order valence-electron chi connectivity index (χ4n) is 3.91. The van der Waals surface area contributed by atoms with Crippen LogP contribution >= 0.6 is 12.4 Å². The molecule has 3 atom stereocenters. The molecule has 1 aliphatic carbocycles. The molecule has 1 aliphatic heterocycles.